The van der Waals surface area contributed by atoms with Crippen LogP contribution in [-0.4, -0.2) is 87.8 Å². The highest BCUT2D eigenvalue weighted by atomic mass is 35.5. The third-order valence-corrected chi connectivity index (χ3v) is 7.34. The van der Waals surface area contributed by atoms with Crippen LogP contribution in [0.15, 0.2) is 30.9 Å². The summed E-state index contributed by atoms with van der Waals surface area (Å²) < 4.78 is 21.0. The Labute approximate surface area is 212 Å². The molecule has 2 N–H and O–H groups in total. The number of halogens is 2. The van der Waals surface area contributed by atoms with E-state index in [2.05, 4.69) is 11.6 Å². The molecule has 0 spiro atoms. The van der Waals surface area contributed by atoms with Crippen molar-refractivity contribution in [3.8, 4) is 22.8 Å². The van der Waals surface area contributed by atoms with Crippen molar-refractivity contribution in [1.29, 1.82) is 0 Å². The highest BCUT2D eigenvalue weighted by Gasteiger charge is 2.42. The Balaban J connectivity index is 1.67. The molecule has 3 aliphatic rings. The van der Waals surface area contributed by atoms with Gasteiger partial charge < -0.3 is 29.6 Å². The number of pyridine rings is 1. The first-order valence-electron chi connectivity index (χ1n) is 11.7. The van der Waals surface area contributed by atoms with Gasteiger partial charge in [0, 0.05) is 32.2 Å². The molecule has 11 heteroatoms. The van der Waals surface area contributed by atoms with Gasteiger partial charge in [0.15, 0.2) is 5.75 Å². The molecule has 36 heavy (non-hydrogen) atoms. The number of amides is 2. The van der Waals surface area contributed by atoms with E-state index < -0.39 is 18.0 Å². The van der Waals surface area contributed by atoms with Crippen LogP contribution in [0.3, 0.4) is 0 Å². The summed E-state index contributed by atoms with van der Waals surface area (Å²) in [6, 6.07) is 3.24. The maximum Gasteiger partial charge on any atom is 0.261 e. The van der Waals surface area contributed by atoms with Crippen molar-refractivity contribution in [3.05, 3.63) is 47.3 Å². The lowest BCUT2D eigenvalue weighted by atomic mass is 10.0. The van der Waals surface area contributed by atoms with E-state index in [1.807, 2.05) is 6.92 Å². The molecule has 1 aromatic heterocycles. The molecule has 9 nitrogen and oxygen atoms in total. The molecule has 2 saturated heterocycles. The molecule has 2 amide bonds. The molecule has 2 fully saturated rings. The predicted octanol–water partition coefficient (Wildman–Crippen LogP) is 2.44. The quantitative estimate of drug-likeness (QED) is 0.603. The second kappa shape index (κ2) is 9.25. The summed E-state index contributed by atoms with van der Waals surface area (Å²) in [5.41, 5.74) is -0.156. The minimum absolute atomic E-state index is 0.0360. The number of hydrogen-bond acceptors (Lipinski definition) is 7. The van der Waals surface area contributed by atoms with Gasteiger partial charge in [0.2, 0.25) is 5.91 Å². The summed E-state index contributed by atoms with van der Waals surface area (Å²) in [5, 5.41) is 20.7. The van der Waals surface area contributed by atoms with Crippen LogP contribution in [0.2, 0.25) is 5.02 Å². The number of aliphatic hydroxyl groups excluding tert-OH is 1. The highest BCUT2D eigenvalue weighted by Crippen LogP contribution is 2.46. The van der Waals surface area contributed by atoms with Crippen molar-refractivity contribution in [3.63, 3.8) is 0 Å². The van der Waals surface area contributed by atoms with E-state index in [1.54, 1.807) is 14.7 Å². The van der Waals surface area contributed by atoms with Gasteiger partial charge in [-0.05, 0) is 31.6 Å². The number of aliphatic hydroxyl groups is 1. The largest absolute Gasteiger partial charge is 0.507 e. The van der Waals surface area contributed by atoms with Gasteiger partial charge in [-0.1, -0.05) is 24.2 Å². The molecule has 190 valence electrons. The van der Waals surface area contributed by atoms with Gasteiger partial charge in [0.1, 0.15) is 40.3 Å². The van der Waals surface area contributed by atoms with E-state index in [4.69, 9.17) is 16.3 Å². The molecule has 4 heterocycles. The minimum atomic E-state index is -0.735. The number of ether oxygens (including phenoxy) is 1. The Morgan fingerprint density at radius 3 is 2.72 bits per heavy atom. The number of carbonyl (C=O) groups excluding carboxylic acids is 2. The number of anilines is 1. The van der Waals surface area contributed by atoms with E-state index >= 15 is 0 Å². The summed E-state index contributed by atoms with van der Waals surface area (Å²) in [6.45, 7) is 6.54. The van der Waals surface area contributed by atoms with Crippen LogP contribution in [-0.2, 0) is 4.79 Å². The fourth-order valence-electron chi connectivity index (χ4n) is 5.19. The third kappa shape index (κ3) is 3.94. The minimum Gasteiger partial charge on any atom is -0.507 e. The Kier molecular flexibility index (Phi) is 6.25. The van der Waals surface area contributed by atoms with Gasteiger partial charge in [-0.15, -0.1) is 0 Å². The molecule has 3 aliphatic heterocycles. The molecular formula is C25H26ClFN4O5. The third-order valence-electron chi connectivity index (χ3n) is 6.99. The number of fused-ring (bicyclic) bond motifs is 2. The number of β-amino-alcohol motifs (C(OH)–C–C–N with tert-alkyl or cyclic N) is 1. The van der Waals surface area contributed by atoms with Crippen molar-refractivity contribution in [2.24, 2.45) is 0 Å². The summed E-state index contributed by atoms with van der Waals surface area (Å²) in [7, 11) is 0. The molecular weight excluding hydrogens is 491 g/mol. The van der Waals surface area contributed by atoms with Gasteiger partial charge in [0.25, 0.3) is 5.91 Å². The average molecular weight is 517 g/mol. The fraction of sp³-hybridized carbons (Fsp3) is 0.400. The number of phenols is 1. The zero-order chi connectivity index (χ0) is 25.7. The molecule has 0 unspecified atom stereocenters. The number of piperazine rings is 1. The van der Waals surface area contributed by atoms with Gasteiger partial charge in [-0.25, -0.2) is 9.37 Å². The fourth-order valence-corrected chi connectivity index (χ4v) is 5.48. The van der Waals surface area contributed by atoms with E-state index in [1.165, 1.54) is 24.3 Å². The van der Waals surface area contributed by atoms with Crippen molar-refractivity contribution >= 4 is 29.2 Å². The Bertz CT molecular complexity index is 1240. The first kappa shape index (κ1) is 24.3. The zero-order valence-corrected chi connectivity index (χ0v) is 20.4. The van der Waals surface area contributed by atoms with Crippen LogP contribution in [0, 0.1) is 5.82 Å². The maximum atomic E-state index is 14.9. The van der Waals surface area contributed by atoms with Crippen LogP contribution in [0.5, 0.6) is 11.5 Å². The number of rotatable bonds is 3. The lowest BCUT2D eigenvalue weighted by molar-refractivity contribution is -0.128. The topological polar surface area (TPSA) is 106 Å². The summed E-state index contributed by atoms with van der Waals surface area (Å²) >= 11 is 6.70. The number of nitrogens with zero attached hydrogens (tertiary/aromatic N) is 4. The first-order chi connectivity index (χ1) is 17.2. The molecule has 1 aromatic carbocycles. The van der Waals surface area contributed by atoms with Crippen molar-refractivity contribution in [2.75, 3.05) is 37.7 Å². The number of benzene rings is 1. The van der Waals surface area contributed by atoms with E-state index in [-0.39, 0.29) is 83.3 Å². The van der Waals surface area contributed by atoms with Crippen LogP contribution < -0.4 is 9.64 Å². The van der Waals surface area contributed by atoms with E-state index in [9.17, 15) is 24.2 Å². The monoisotopic (exact) mass is 516 g/mol. The smallest absolute Gasteiger partial charge is 0.261 e. The number of aromatic nitrogens is 1. The van der Waals surface area contributed by atoms with E-state index in [0.29, 0.717) is 13.0 Å². The van der Waals surface area contributed by atoms with Gasteiger partial charge in [-0.3, -0.25) is 9.59 Å². The summed E-state index contributed by atoms with van der Waals surface area (Å²) in [4.78, 5) is 35.7. The molecule has 3 atom stereocenters. The zero-order valence-electron chi connectivity index (χ0n) is 19.7. The Morgan fingerprint density at radius 2 is 2.06 bits per heavy atom. The van der Waals surface area contributed by atoms with Gasteiger partial charge in [0.05, 0.1) is 17.7 Å². The lowest BCUT2D eigenvalue weighted by Crippen LogP contribution is -2.57. The van der Waals surface area contributed by atoms with Gasteiger partial charge in [-0.2, -0.15) is 0 Å². The van der Waals surface area contributed by atoms with Crippen LogP contribution >= 0.6 is 11.6 Å². The Hall–Kier alpha value is -3.37. The SMILES string of the molecule is C=CC(=O)N1CCN2C(=O)c3c(N4C[C@H](O)C[C@@H]4C)nc(-c4c(O)cccc4F)c(Cl)c3OC[C@H]2C1. The van der Waals surface area contributed by atoms with Crippen LogP contribution in [0.1, 0.15) is 23.7 Å². The Morgan fingerprint density at radius 1 is 1.28 bits per heavy atom. The van der Waals surface area contributed by atoms with E-state index in [0.717, 1.165) is 0 Å². The molecule has 0 saturated carbocycles. The number of phenolic OH excluding ortho intramolecular Hbond substituents is 1. The normalized spacial score (nSPS) is 23.6. The maximum absolute atomic E-state index is 14.9. The number of carbonyl (C=O) groups is 2. The predicted molar refractivity (Wildman–Crippen MR) is 131 cm³/mol. The first-order valence-corrected chi connectivity index (χ1v) is 12.1. The van der Waals surface area contributed by atoms with Crippen molar-refractivity contribution in [1.82, 2.24) is 14.8 Å². The highest BCUT2D eigenvalue weighted by molar-refractivity contribution is 6.35. The summed E-state index contributed by atoms with van der Waals surface area (Å²) in [5.74, 6) is -1.47. The van der Waals surface area contributed by atoms with Crippen molar-refractivity contribution in [2.45, 2.75) is 31.5 Å². The number of aromatic hydroxyl groups is 1. The number of hydrogen-bond donors (Lipinski definition) is 2. The summed E-state index contributed by atoms with van der Waals surface area (Å²) in [6.07, 6.45) is 1.05. The van der Waals surface area contributed by atoms with Crippen molar-refractivity contribution < 1.29 is 28.9 Å². The van der Waals surface area contributed by atoms with Crippen LogP contribution in [0.25, 0.3) is 11.3 Å². The van der Waals surface area contributed by atoms with Gasteiger partial charge >= 0.3 is 0 Å². The molecule has 0 radical (unpaired) electrons. The lowest BCUT2D eigenvalue weighted by Gasteiger charge is -2.39. The average Bonchev–Trinajstić information content (AvgIpc) is 3.11. The molecule has 2 aromatic rings. The molecule has 0 aliphatic carbocycles. The molecule has 5 rings (SSSR count). The molecule has 0 bridgehead atoms. The van der Waals surface area contributed by atoms with Crippen LogP contribution in [0.4, 0.5) is 10.2 Å². The second-order valence-electron chi connectivity index (χ2n) is 9.28. The standard InChI is InChI=1S/C25H26ClFN4O5/c1-3-18(34)29-7-8-30-14(10-29)12-36-23-20(25(30)35)24(31-11-15(32)9-13(31)2)28-22(21(23)26)19-16(27)5-4-6-17(19)33/h3-6,13-15,32-33H,1,7-12H2,2H3/t13-,14+,15+/m0/s1. The second-order valence-corrected chi connectivity index (χ2v) is 9.66.